The lowest BCUT2D eigenvalue weighted by atomic mass is 10.6. The zero-order chi connectivity index (χ0) is 7.98. The maximum Gasteiger partial charge on any atom is 0.338 e. The minimum Gasteiger partial charge on any atom is -0.291 e. The summed E-state index contributed by atoms with van der Waals surface area (Å²) in [5, 5.41) is 0. The van der Waals surface area contributed by atoms with E-state index < -0.39 is 0 Å². The Labute approximate surface area is 59.0 Å². The third-order valence-electron chi connectivity index (χ3n) is 0.783. The van der Waals surface area contributed by atoms with Crippen LogP contribution < -0.4 is 32.9 Å². The number of guanidine groups is 2. The molecule has 0 unspecified atom stereocenters. The highest BCUT2D eigenvalue weighted by Crippen LogP contribution is 1.23. The molecule has 6 heteroatoms. The zero-order valence-electron chi connectivity index (χ0n) is 5.72. The molecule has 58 valence electrons. The Morgan fingerprint density at radius 3 is 1.30 bits per heavy atom. The minimum absolute atomic E-state index is 0.192. The monoisotopic (exact) mass is 146 g/mol. The summed E-state index contributed by atoms with van der Waals surface area (Å²) < 4.78 is 0. The summed E-state index contributed by atoms with van der Waals surface area (Å²) in [5.41, 5.74) is 20.4. The number of nitrogens with two attached hydrogens (primary N) is 4. The van der Waals surface area contributed by atoms with Crippen LogP contribution in [0.2, 0.25) is 0 Å². The summed E-state index contributed by atoms with van der Waals surface area (Å²) in [6.45, 7) is 1.19. The summed E-state index contributed by atoms with van der Waals surface area (Å²) in [6.07, 6.45) is 0. The number of hydrogen-bond donors (Lipinski definition) is 6. The highest BCUT2D eigenvalue weighted by atomic mass is 15.0. The van der Waals surface area contributed by atoms with Crippen LogP contribution in [0, 0.1) is 0 Å². The van der Waals surface area contributed by atoms with E-state index >= 15 is 0 Å². The third kappa shape index (κ3) is 6.54. The molecule has 0 aromatic rings. The normalized spacial score (nSPS) is 8.40. The molecule has 0 saturated carbocycles. The molecule has 0 atom stereocenters. The molecule has 0 aromatic heterocycles. The second kappa shape index (κ2) is 4.42. The van der Waals surface area contributed by atoms with Gasteiger partial charge in [-0.15, -0.1) is 0 Å². The van der Waals surface area contributed by atoms with Crippen molar-refractivity contribution in [2.24, 2.45) is 22.9 Å². The van der Waals surface area contributed by atoms with Crippen molar-refractivity contribution in [2.45, 2.75) is 0 Å². The van der Waals surface area contributed by atoms with Crippen molar-refractivity contribution >= 4 is 11.9 Å². The van der Waals surface area contributed by atoms with Gasteiger partial charge in [0.25, 0.3) is 0 Å². The summed E-state index contributed by atoms with van der Waals surface area (Å²) in [4.78, 5) is 5.37. The smallest absolute Gasteiger partial charge is 0.291 e. The van der Waals surface area contributed by atoms with Crippen LogP contribution in [-0.4, -0.2) is 25.0 Å². The van der Waals surface area contributed by atoms with Crippen LogP contribution in [0.1, 0.15) is 0 Å². The molecule has 0 fully saturated rings. The van der Waals surface area contributed by atoms with Crippen LogP contribution >= 0.6 is 0 Å². The average Bonchev–Trinajstić information content (AvgIpc) is 1.79. The molecule has 0 aliphatic carbocycles. The van der Waals surface area contributed by atoms with Gasteiger partial charge in [-0.25, -0.2) is 0 Å². The van der Waals surface area contributed by atoms with Gasteiger partial charge in [-0.2, -0.15) is 0 Å². The van der Waals surface area contributed by atoms with Crippen molar-refractivity contribution in [2.75, 3.05) is 13.1 Å². The summed E-state index contributed by atoms with van der Waals surface area (Å²) in [5.74, 6) is 0.384. The summed E-state index contributed by atoms with van der Waals surface area (Å²) >= 11 is 0. The van der Waals surface area contributed by atoms with Gasteiger partial charge in [-0.3, -0.25) is 32.9 Å². The van der Waals surface area contributed by atoms with Crippen molar-refractivity contribution in [3.05, 3.63) is 0 Å². The molecule has 0 aliphatic rings. The first-order valence-electron chi connectivity index (χ1n) is 2.86. The maximum atomic E-state index is 5.10. The Morgan fingerprint density at radius 2 is 1.10 bits per heavy atom. The molecule has 0 saturated heterocycles. The number of rotatable bonds is 3. The third-order valence-corrected chi connectivity index (χ3v) is 0.783. The highest BCUT2D eigenvalue weighted by molar-refractivity contribution is 5.69. The van der Waals surface area contributed by atoms with Gasteiger partial charge in [-0.1, -0.05) is 0 Å². The lowest BCUT2D eigenvalue weighted by molar-refractivity contribution is -0.540. The standard InChI is InChI=1S/C4H12N6/c5-3(6)9-1-2-10-4(7)8/h1-2H2,(H4,5,6,9)(H4,7,8,10)/p+2. The molecule has 0 rings (SSSR count). The van der Waals surface area contributed by atoms with E-state index in [9.17, 15) is 0 Å². The van der Waals surface area contributed by atoms with Gasteiger partial charge in [0.2, 0.25) is 0 Å². The molecule has 6 nitrogen and oxygen atoms in total. The topological polar surface area (TPSA) is 132 Å². The van der Waals surface area contributed by atoms with Crippen LogP contribution in [-0.2, 0) is 0 Å². The van der Waals surface area contributed by atoms with E-state index in [2.05, 4.69) is 9.98 Å². The van der Waals surface area contributed by atoms with E-state index in [-0.39, 0.29) is 11.9 Å². The lowest BCUT2D eigenvalue weighted by Crippen LogP contribution is -2.88. The molecule has 10 N–H and O–H groups in total. The average molecular weight is 146 g/mol. The summed E-state index contributed by atoms with van der Waals surface area (Å²) in [7, 11) is 0. The van der Waals surface area contributed by atoms with Crippen molar-refractivity contribution < 1.29 is 9.98 Å². The minimum atomic E-state index is 0.192. The van der Waals surface area contributed by atoms with E-state index in [1.165, 1.54) is 0 Å². The molecule has 0 bridgehead atoms. The molecular formula is C4H14N6+2. The van der Waals surface area contributed by atoms with E-state index in [0.29, 0.717) is 13.1 Å². The molecular weight excluding hydrogens is 132 g/mol. The Morgan fingerprint density at radius 1 is 0.800 bits per heavy atom. The number of nitrogens with one attached hydrogen (secondary N) is 2. The fourth-order valence-corrected chi connectivity index (χ4v) is 0.414. The van der Waals surface area contributed by atoms with Gasteiger partial charge in [0.05, 0.1) is 13.1 Å². The zero-order valence-corrected chi connectivity index (χ0v) is 5.72. The quantitative estimate of drug-likeness (QED) is 0.134. The largest absolute Gasteiger partial charge is 0.338 e. The van der Waals surface area contributed by atoms with Gasteiger partial charge in [0.1, 0.15) is 0 Å². The number of hydrogen-bond acceptors (Lipinski definition) is 0. The predicted molar refractivity (Wildman–Crippen MR) is 38.4 cm³/mol. The second-order valence-corrected chi connectivity index (χ2v) is 1.76. The Kier molecular flexibility index (Phi) is 3.78. The van der Waals surface area contributed by atoms with E-state index in [1.54, 1.807) is 0 Å². The van der Waals surface area contributed by atoms with Crippen molar-refractivity contribution in [1.82, 2.24) is 0 Å². The van der Waals surface area contributed by atoms with Gasteiger partial charge < -0.3 is 0 Å². The summed E-state index contributed by atoms with van der Waals surface area (Å²) in [6, 6.07) is 0. The molecule has 0 amide bonds. The van der Waals surface area contributed by atoms with Crippen LogP contribution in [0.25, 0.3) is 0 Å². The van der Waals surface area contributed by atoms with Gasteiger partial charge >= 0.3 is 11.9 Å². The maximum absolute atomic E-state index is 5.10. The lowest BCUT2D eigenvalue weighted by Gasteiger charge is -1.86. The SMILES string of the molecule is NC(N)=[NH+]CC[NH+]=C(N)N. The van der Waals surface area contributed by atoms with Crippen LogP contribution in [0.15, 0.2) is 0 Å². The van der Waals surface area contributed by atoms with Crippen LogP contribution in [0.4, 0.5) is 0 Å². The van der Waals surface area contributed by atoms with Gasteiger partial charge in [0, 0.05) is 0 Å². The van der Waals surface area contributed by atoms with Gasteiger partial charge in [-0.05, 0) is 0 Å². The van der Waals surface area contributed by atoms with Crippen LogP contribution in [0.5, 0.6) is 0 Å². The molecule has 0 heterocycles. The Bertz CT molecular complexity index is 122. The highest BCUT2D eigenvalue weighted by Gasteiger charge is 1.87. The molecule has 0 spiro atoms. The molecule has 0 aromatic carbocycles. The first-order valence-corrected chi connectivity index (χ1v) is 2.86. The second-order valence-electron chi connectivity index (χ2n) is 1.76. The Balaban J connectivity index is 3.39. The fraction of sp³-hybridized carbons (Fsp3) is 0.500. The molecule has 0 aliphatic heterocycles. The van der Waals surface area contributed by atoms with Gasteiger partial charge in [0.15, 0.2) is 0 Å². The first kappa shape index (κ1) is 8.54. The predicted octanol–water partition coefficient (Wildman–Crippen LogP) is -6.31. The van der Waals surface area contributed by atoms with E-state index in [1.807, 2.05) is 0 Å². The van der Waals surface area contributed by atoms with Crippen molar-refractivity contribution in [3.63, 3.8) is 0 Å². The molecule has 10 heavy (non-hydrogen) atoms. The van der Waals surface area contributed by atoms with E-state index in [4.69, 9.17) is 22.9 Å². The van der Waals surface area contributed by atoms with E-state index in [0.717, 1.165) is 0 Å². The van der Waals surface area contributed by atoms with Crippen molar-refractivity contribution in [1.29, 1.82) is 0 Å². The Hall–Kier alpha value is -1.46. The molecule has 0 radical (unpaired) electrons. The fourth-order valence-electron chi connectivity index (χ4n) is 0.414. The van der Waals surface area contributed by atoms with Crippen LogP contribution in [0.3, 0.4) is 0 Å². The first-order chi connectivity index (χ1) is 4.63. The van der Waals surface area contributed by atoms with Crippen molar-refractivity contribution in [3.8, 4) is 0 Å².